The van der Waals surface area contributed by atoms with Gasteiger partial charge in [-0.2, -0.15) is 0 Å². The zero-order valence-electron chi connectivity index (χ0n) is 11.9. The molecule has 0 amide bonds. The van der Waals surface area contributed by atoms with Gasteiger partial charge in [0.15, 0.2) is 0 Å². The maximum absolute atomic E-state index is 14.1. The number of allylic oxidation sites excluding steroid dienone is 1. The fourth-order valence-corrected chi connectivity index (χ4v) is 2.47. The molecule has 2 rings (SSSR count). The zero-order valence-corrected chi connectivity index (χ0v) is 12.7. The summed E-state index contributed by atoms with van der Waals surface area (Å²) in [6.45, 7) is 2.10. The number of nitrogens with two attached hydrogens (primary N) is 1. The van der Waals surface area contributed by atoms with Gasteiger partial charge in [-0.25, -0.2) is 4.39 Å². The first-order valence-electron chi connectivity index (χ1n) is 6.99. The van der Waals surface area contributed by atoms with Gasteiger partial charge in [-0.05, 0) is 37.1 Å². The molecular weight excluding hydrogens is 287 g/mol. The van der Waals surface area contributed by atoms with Gasteiger partial charge >= 0.3 is 0 Å². The molecule has 0 radical (unpaired) electrons. The van der Waals surface area contributed by atoms with Crippen molar-refractivity contribution in [3.8, 4) is 0 Å². The number of hydrogen-bond acceptors (Lipinski definition) is 2. The van der Waals surface area contributed by atoms with E-state index < -0.39 is 5.82 Å². The molecule has 0 unspecified atom stereocenters. The molecule has 0 fully saturated rings. The Labute approximate surface area is 129 Å². The van der Waals surface area contributed by atoms with Crippen molar-refractivity contribution in [3.63, 3.8) is 0 Å². The Morgan fingerprint density at radius 3 is 2.67 bits per heavy atom. The van der Waals surface area contributed by atoms with Crippen molar-refractivity contribution >= 4 is 22.9 Å². The Kier molecular flexibility index (Phi) is 5.34. The second kappa shape index (κ2) is 7.23. The van der Waals surface area contributed by atoms with E-state index in [-0.39, 0.29) is 5.56 Å². The van der Waals surface area contributed by atoms with E-state index in [0.717, 1.165) is 30.5 Å². The molecule has 2 N–H and O–H groups in total. The summed E-state index contributed by atoms with van der Waals surface area (Å²) in [4.78, 5) is 4.33. The second-order valence-electron chi connectivity index (χ2n) is 4.81. The van der Waals surface area contributed by atoms with Crippen LogP contribution in [0.4, 0.5) is 4.39 Å². The van der Waals surface area contributed by atoms with E-state index in [1.54, 1.807) is 18.3 Å². The van der Waals surface area contributed by atoms with E-state index in [1.165, 1.54) is 6.07 Å². The van der Waals surface area contributed by atoms with Crippen LogP contribution >= 0.6 is 11.6 Å². The quantitative estimate of drug-likeness (QED) is 0.854. The summed E-state index contributed by atoms with van der Waals surface area (Å²) in [6.07, 6.45) is 4.43. The molecule has 0 aliphatic heterocycles. The molecule has 0 aliphatic carbocycles. The van der Waals surface area contributed by atoms with Crippen LogP contribution in [0.1, 0.15) is 37.4 Å². The zero-order chi connectivity index (χ0) is 15.2. The molecule has 0 saturated heterocycles. The molecule has 1 aromatic heterocycles. The summed E-state index contributed by atoms with van der Waals surface area (Å²) >= 11 is 6.12. The van der Waals surface area contributed by atoms with Gasteiger partial charge in [-0.15, -0.1) is 0 Å². The van der Waals surface area contributed by atoms with Crippen LogP contribution in [-0.2, 0) is 0 Å². The van der Waals surface area contributed by atoms with Gasteiger partial charge in [0.05, 0.1) is 16.3 Å². The third-order valence-corrected chi connectivity index (χ3v) is 3.63. The average Bonchev–Trinajstić information content (AvgIpc) is 2.48. The number of aromatic nitrogens is 1. The van der Waals surface area contributed by atoms with Gasteiger partial charge in [-0.3, -0.25) is 4.98 Å². The number of nitrogens with zero attached hydrogens (tertiary/aromatic N) is 1. The van der Waals surface area contributed by atoms with Gasteiger partial charge < -0.3 is 5.73 Å². The average molecular weight is 305 g/mol. The minimum absolute atomic E-state index is 0.260. The minimum Gasteiger partial charge on any atom is -0.398 e. The predicted octanol–water partition coefficient (Wildman–Crippen LogP) is 4.89. The topological polar surface area (TPSA) is 38.9 Å². The summed E-state index contributed by atoms with van der Waals surface area (Å²) in [6, 6.07) is 10.2. The van der Waals surface area contributed by atoms with Crippen LogP contribution in [0, 0.1) is 5.82 Å². The largest absolute Gasteiger partial charge is 0.398 e. The molecule has 0 spiro atoms. The van der Waals surface area contributed by atoms with Crippen LogP contribution < -0.4 is 5.73 Å². The Morgan fingerprint density at radius 2 is 2.05 bits per heavy atom. The van der Waals surface area contributed by atoms with Gasteiger partial charge in [0.25, 0.3) is 0 Å². The molecule has 0 atom stereocenters. The molecule has 4 heteroatoms. The minimum atomic E-state index is -0.412. The molecule has 1 heterocycles. The maximum Gasteiger partial charge on any atom is 0.134 e. The summed E-state index contributed by atoms with van der Waals surface area (Å²) in [5, 5.41) is 0.317. The highest BCUT2D eigenvalue weighted by atomic mass is 35.5. The van der Waals surface area contributed by atoms with Crippen molar-refractivity contribution < 1.29 is 4.39 Å². The smallest absolute Gasteiger partial charge is 0.134 e. The van der Waals surface area contributed by atoms with E-state index in [2.05, 4.69) is 11.9 Å². The van der Waals surface area contributed by atoms with Gasteiger partial charge in [0.2, 0.25) is 0 Å². The van der Waals surface area contributed by atoms with Crippen molar-refractivity contribution in [3.05, 3.63) is 64.7 Å². The Hall–Kier alpha value is -1.87. The number of hydrogen-bond donors (Lipinski definition) is 1. The van der Waals surface area contributed by atoms with E-state index in [1.807, 2.05) is 18.2 Å². The molecule has 21 heavy (non-hydrogen) atoms. The van der Waals surface area contributed by atoms with Gasteiger partial charge in [0, 0.05) is 17.5 Å². The second-order valence-corrected chi connectivity index (χ2v) is 5.21. The molecule has 0 saturated carbocycles. The number of rotatable bonds is 5. The Morgan fingerprint density at radius 1 is 1.24 bits per heavy atom. The van der Waals surface area contributed by atoms with Crippen molar-refractivity contribution in [2.24, 2.45) is 5.73 Å². The molecule has 1 aromatic carbocycles. The summed E-state index contributed by atoms with van der Waals surface area (Å²) < 4.78 is 14.1. The first kappa shape index (κ1) is 15.5. The molecule has 2 nitrogen and oxygen atoms in total. The normalized spacial score (nSPS) is 12.1. The molecule has 0 aliphatic rings. The van der Waals surface area contributed by atoms with Crippen molar-refractivity contribution in [2.75, 3.05) is 0 Å². The molecule has 110 valence electrons. The fourth-order valence-electron chi connectivity index (χ4n) is 2.20. The Bertz CT molecular complexity index is 618. The lowest BCUT2D eigenvalue weighted by atomic mass is 9.98. The first-order chi connectivity index (χ1) is 10.1. The maximum atomic E-state index is 14.1. The van der Waals surface area contributed by atoms with Crippen LogP contribution in [0.15, 0.2) is 42.6 Å². The van der Waals surface area contributed by atoms with E-state index >= 15 is 0 Å². The van der Waals surface area contributed by atoms with Crippen molar-refractivity contribution in [2.45, 2.75) is 26.2 Å². The lowest BCUT2D eigenvalue weighted by Crippen LogP contribution is -2.06. The lowest BCUT2D eigenvalue weighted by molar-refractivity contribution is 0.624. The lowest BCUT2D eigenvalue weighted by Gasteiger charge is -2.13. The number of pyridine rings is 1. The molecule has 0 bridgehead atoms. The van der Waals surface area contributed by atoms with Crippen LogP contribution in [0.3, 0.4) is 0 Å². The highest BCUT2D eigenvalue weighted by molar-refractivity contribution is 6.32. The number of benzene rings is 1. The van der Waals surface area contributed by atoms with E-state index in [9.17, 15) is 4.39 Å². The SMILES string of the molecule is CCCC/C(=C(\N)c1c(F)cccc1Cl)c1ccccn1. The fraction of sp³-hybridized carbons (Fsp3) is 0.235. The highest BCUT2D eigenvalue weighted by Crippen LogP contribution is 2.31. The first-order valence-corrected chi connectivity index (χ1v) is 7.37. The summed E-state index contributed by atoms with van der Waals surface area (Å²) in [5.41, 5.74) is 8.46. The van der Waals surface area contributed by atoms with Gasteiger partial charge in [-0.1, -0.05) is 37.1 Å². The highest BCUT2D eigenvalue weighted by Gasteiger charge is 2.15. The monoisotopic (exact) mass is 304 g/mol. The predicted molar refractivity (Wildman–Crippen MR) is 86.2 cm³/mol. The number of halogens is 2. The van der Waals surface area contributed by atoms with Gasteiger partial charge in [0.1, 0.15) is 5.82 Å². The third kappa shape index (κ3) is 3.61. The van der Waals surface area contributed by atoms with Crippen LogP contribution in [-0.4, -0.2) is 4.98 Å². The van der Waals surface area contributed by atoms with Crippen LogP contribution in [0.5, 0.6) is 0 Å². The standard InChI is InChI=1S/C17H18ClFN2/c1-2-3-7-12(15-10-4-5-11-21-15)17(20)16-13(18)8-6-9-14(16)19/h4-6,8-11H,2-3,7,20H2,1H3/b17-12+. The summed E-state index contributed by atoms with van der Waals surface area (Å²) in [7, 11) is 0. The van der Waals surface area contributed by atoms with Crippen LogP contribution in [0.25, 0.3) is 11.3 Å². The number of unbranched alkanes of at least 4 members (excludes halogenated alkanes) is 1. The van der Waals surface area contributed by atoms with E-state index in [0.29, 0.717) is 10.7 Å². The van der Waals surface area contributed by atoms with Crippen LogP contribution in [0.2, 0.25) is 5.02 Å². The summed E-state index contributed by atoms with van der Waals surface area (Å²) in [5.74, 6) is -0.412. The van der Waals surface area contributed by atoms with E-state index in [4.69, 9.17) is 17.3 Å². The van der Waals surface area contributed by atoms with Crippen molar-refractivity contribution in [1.82, 2.24) is 4.98 Å². The van der Waals surface area contributed by atoms with Crippen molar-refractivity contribution in [1.29, 1.82) is 0 Å². The Balaban J connectivity index is 2.57. The third-order valence-electron chi connectivity index (χ3n) is 3.31. The molecular formula is C17H18ClFN2. The molecule has 2 aromatic rings.